The molecule has 0 saturated heterocycles. The molecular weight excluding hydrogens is 284 g/mol. The van der Waals surface area contributed by atoms with Crippen LogP contribution in [0.5, 0.6) is 0 Å². The lowest BCUT2D eigenvalue weighted by atomic mass is 10.2. The summed E-state index contributed by atoms with van der Waals surface area (Å²) in [6.45, 7) is 6.54. The fourth-order valence-corrected chi connectivity index (χ4v) is 2.30. The van der Waals surface area contributed by atoms with E-state index >= 15 is 0 Å². The van der Waals surface area contributed by atoms with Gasteiger partial charge < -0.3 is 9.64 Å². The molecular formula is C15H20N4O3. The molecule has 0 unspecified atom stereocenters. The van der Waals surface area contributed by atoms with Crippen LogP contribution in [-0.4, -0.2) is 51.2 Å². The second kappa shape index (κ2) is 6.55. The Labute approximate surface area is 128 Å². The van der Waals surface area contributed by atoms with Gasteiger partial charge >= 0.3 is 5.97 Å². The first-order chi connectivity index (χ1) is 10.5. The lowest BCUT2D eigenvalue weighted by Gasteiger charge is -2.18. The molecule has 0 N–H and O–H groups in total. The van der Waals surface area contributed by atoms with E-state index in [0.29, 0.717) is 24.3 Å². The molecule has 2 aromatic heterocycles. The summed E-state index contributed by atoms with van der Waals surface area (Å²) >= 11 is 0. The number of nitrogens with zero attached hydrogens (tertiary/aromatic N) is 4. The Bertz CT molecular complexity index is 704. The minimum atomic E-state index is -0.557. The maximum atomic E-state index is 12.0. The Kier molecular flexibility index (Phi) is 4.75. The maximum absolute atomic E-state index is 12.0. The Morgan fingerprint density at radius 2 is 2.00 bits per heavy atom. The van der Waals surface area contributed by atoms with Gasteiger partial charge in [-0.2, -0.15) is 5.10 Å². The average Bonchev–Trinajstić information content (AvgIpc) is 2.80. The minimum Gasteiger partial charge on any atom is -0.452 e. The highest BCUT2D eigenvalue weighted by molar-refractivity contribution is 5.94. The average molecular weight is 304 g/mol. The van der Waals surface area contributed by atoms with Crippen molar-refractivity contribution in [3.05, 3.63) is 23.5 Å². The molecule has 0 aromatic carbocycles. The number of aryl methyl sites for hydroxylation is 2. The van der Waals surface area contributed by atoms with Crippen molar-refractivity contribution in [1.29, 1.82) is 0 Å². The zero-order valence-corrected chi connectivity index (χ0v) is 13.3. The largest absolute Gasteiger partial charge is 0.452 e. The van der Waals surface area contributed by atoms with E-state index in [9.17, 15) is 9.59 Å². The van der Waals surface area contributed by atoms with Gasteiger partial charge in [-0.1, -0.05) is 0 Å². The van der Waals surface area contributed by atoms with Crippen molar-refractivity contribution in [2.24, 2.45) is 7.05 Å². The number of rotatable bonds is 5. The maximum Gasteiger partial charge on any atom is 0.340 e. The molecule has 0 radical (unpaired) electrons. The summed E-state index contributed by atoms with van der Waals surface area (Å²) in [5.41, 5.74) is 1.81. The molecule has 22 heavy (non-hydrogen) atoms. The van der Waals surface area contributed by atoms with Gasteiger partial charge in [0.25, 0.3) is 5.91 Å². The smallest absolute Gasteiger partial charge is 0.340 e. The predicted molar refractivity (Wildman–Crippen MR) is 81.5 cm³/mol. The van der Waals surface area contributed by atoms with Crippen molar-refractivity contribution < 1.29 is 14.3 Å². The molecule has 0 aliphatic rings. The van der Waals surface area contributed by atoms with Gasteiger partial charge in [-0.25, -0.2) is 9.78 Å². The lowest BCUT2D eigenvalue weighted by Crippen LogP contribution is -2.34. The first-order valence-corrected chi connectivity index (χ1v) is 7.22. The fraction of sp³-hybridized carbons (Fsp3) is 0.467. The topological polar surface area (TPSA) is 77.3 Å². The molecule has 0 fully saturated rings. The van der Waals surface area contributed by atoms with Crippen LogP contribution < -0.4 is 0 Å². The monoisotopic (exact) mass is 304 g/mol. The van der Waals surface area contributed by atoms with E-state index in [4.69, 9.17) is 4.74 Å². The van der Waals surface area contributed by atoms with Crippen LogP contribution in [0.25, 0.3) is 11.0 Å². The summed E-state index contributed by atoms with van der Waals surface area (Å²) < 4.78 is 6.73. The van der Waals surface area contributed by atoms with Crippen LogP contribution in [0.15, 0.2) is 12.3 Å². The number of hydrogen-bond acceptors (Lipinski definition) is 5. The second-order valence-corrected chi connectivity index (χ2v) is 4.95. The minimum absolute atomic E-state index is 0.204. The number of hydrogen-bond donors (Lipinski definition) is 0. The quantitative estimate of drug-likeness (QED) is 0.778. The number of carbonyl (C=O) groups is 2. The molecule has 2 rings (SSSR count). The van der Waals surface area contributed by atoms with Crippen molar-refractivity contribution >= 4 is 22.9 Å². The van der Waals surface area contributed by atoms with E-state index in [1.165, 1.54) is 6.20 Å². The van der Waals surface area contributed by atoms with Gasteiger partial charge in [-0.3, -0.25) is 9.48 Å². The Balaban J connectivity index is 2.10. The van der Waals surface area contributed by atoms with Gasteiger partial charge in [-0.05, 0) is 26.8 Å². The SMILES string of the molecule is CCN(CC)C(=O)COC(=O)c1cnc2c(c1)c(C)nn2C. The van der Waals surface area contributed by atoms with Gasteiger partial charge in [0.2, 0.25) is 0 Å². The van der Waals surface area contributed by atoms with Crippen LogP contribution in [0.1, 0.15) is 29.9 Å². The fourth-order valence-electron chi connectivity index (χ4n) is 2.30. The number of amides is 1. The lowest BCUT2D eigenvalue weighted by molar-refractivity contribution is -0.134. The molecule has 0 saturated carbocycles. The van der Waals surface area contributed by atoms with Gasteiger partial charge in [-0.15, -0.1) is 0 Å². The number of aromatic nitrogens is 3. The Morgan fingerprint density at radius 3 is 2.64 bits per heavy atom. The summed E-state index contributed by atoms with van der Waals surface area (Å²) in [5.74, 6) is -0.761. The molecule has 7 nitrogen and oxygen atoms in total. The van der Waals surface area contributed by atoms with E-state index < -0.39 is 5.97 Å². The molecule has 0 aliphatic heterocycles. The van der Waals surface area contributed by atoms with E-state index in [1.54, 1.807) is 22.7 Å². The van der Waals surface area contributed by atoms with Crippen LogP contribution >= 0.6 is 0 Å². The molecule has 0 spiro atoms. The number of fused-ring (bicyclic) bond motifs is 1. The van der Waals surface area contributed by atoms with Gasteiger partial charge in [0.15, 0.2) is 12.3 Å². The summed E-state index contributed by atoms with van der Waals surface area (Å²) in [4.78, 5) is 29.7. The van der Waals surface area contributed by atoms with E-state index in [2.05, 4.69) is 10.1 Å². The summed E-state index contributed by atoms with van der Waals surface area (Å²) in [5, 5.41) is 5.05. The molecule has 0 aliphatic carbocycles. The number of carbonyl (C=O) groups excluding carboxylic acids is 2. The highest BCUT2D eigenvalue weighted by Gasteiger charge is 2.16. The molecule has 2 aromatic rings. The first kappa shape index (κ1) is 15.9. The van der Waals surface area contributed by atoms with Gasteiger partial charge in [0.05, 0.1) is 11.3 Å². The highest BCUT2D eigenvalue weighted by atomic mass is 16.5. The third-order valence-corrected chi connectivity index (χ3v) is 3.54. The van der Waals surface area contributed by atoms with Crippen LogP contribution in [0.2, 0.25) is 0 Å². The van der Waals surface area contributed by atoms with E-state index in [0.717, 1.165) is 11.1 Å². The van der Waals surface area contributed by atoms with Gasteiger partial charge in [0.1, 0.15) is 0 Å². The number of esters is 1. The van der Waals surface area contributed by atoms with Crippen molar-refractivity contribution in [2.75, 3.05) is 19.7 Å². The molecule has 1 amide bonds. The van der Waals surface area contributed by atoms with Crippen LogP contribution in [0.3, 0.4) is 0 Å². The molecule has 7 heteroatoms. The van der Waals surface area contributed by atoms with E-state index in [1.807, 2.05) is 20.8 Å². The zero-order valence-electron chi connectivity index (χ0n) is 13.3. The standard InChI is InChI=1S/C15H20N4O3/c1-5-19(6-2)13(20)9-22-15(21)11-7-12-10(3)17-18(4)14(12)16-8-11/h7-8H,5-6,9H2,1-4H3. The summed E-state index contributed by atoms with van der Waals surface area (Å²) in [6, 6.07) is 1.69. The Hall–Kier alpha value is -2.44. The summed E-state index contributed by atoms with van der Waals surface area (Å²) in [7, 11) is 1.79. The predicted octanol–water partition coefficient (Wildman–Crippen LogP) is 1.30. The van der Waals surface area contributed by atoms with Crippen molar-refractivity contribution in [1.82, 2.24) is 19.7 Å². The number of pyridine rings is 1. The third kappa shape index (κ3) is 3.08. The van der Waals surface area contributed by atoms with Crippen LogP contribution in [-0.2, 0) is 16.6 Å². The van der Waals surface area contributed by atoms with Crippen LogP contribution in [0.4, 0.5) is 0 Å². The highest BCUT2D eigenvalue weighted by Crippen LogP contribution is 2.17. The molecule has 2 heterocycles. The van der Waals surface area contributed by atoms with Crippen molar-refractivity contribution in [3.63, 3.8) is 0 Å². The third-order valence-electron chi connectivity index (χ3n) is 3.54. The van der Waals surface area contributed by atoms with Crippen molar-refractivity contribution in [2.45, 2.75) is 20.8 Å². The molecule has 118 valence electrons. The normalized spacial score (nSPS) is 10.7. The summed E-state index contributed by atoms with van der Waals surface area (Å²) in [6.07, 6.45) is 1.44. The number of likely N-dealkylation sites (N-methyl/N-ethyl adjacent to an activating group) is 1. The first-order valence-electron chi connectivity index (χ1n) is 7.22. The Morgan fingerprint density at radius 1 is 1.32 bits per heavy atom. The van der Waals surface area contributed by atoms with Crippen molar-refractivity contribution in [3.8, 4) is 0 Å². The molecule has 0 atom stereocenters. The molecule has 0 bridgehead atoms. The van der Waals surface area contributed by atoms with Crippen LogP contribution in [0, 0.1) is 6.92 Å². The number of ether oxygens (including phenoxy) is 1. The second-order valence-electron chi connectivity index (χ2n) is 4.95. The van der Waals surface area contributed by atoms with Gasteiger partial charge in [0, 0.05) is 31.7 Å². The zero-order chi connectivity index (χ0) is 16.3. The van der Waals surface area contributed by atoms with E-state index in [-0.39, 0.29) is 12.5 Å².